The molecule has 0 aromatic heterocycles. The number of carbonyl (C=O) groups excluding carboxylic acids is 4. The van der Waals surface area contributed by atoms with Crippen LogP contribution in [0, 0.1) is 0 Å². The summed E-state index contributed by atoms with van der Waals surface area (Å²) in [5.41, 5.74) is 4.55. The summed E-state index contributed by atoms with van der Waals surface area (Å²) < 4.78 is 16.6. The number of amides is 3. The van der Waals surface area contributed by atoms with Crippen molar-refractivity contribution in [1.29, 1.82) is 0 Å². The number of aliphatic hydroxyl groups excluding tert-OH is 1. The van der Waals surface area contributed by atoms with Crippen molar-refractivity contribution in [3.63, 3.8) is 0 Å². The monoisotopic (exact) mass is 639 g/mol. The van der Waals surface area contributed by atoms with Crippen molar-refractivity contribution in [3.05, 3.63) is 53.1 Å². The van der Waals surface area contributed by atoms with E-state index in [9.17, 15) is 19.2 Å². The highest BCUT2D eigenvalue weighted by Gasteiger charge is 2.33. The number of alkyl carbamates (subject to hydrolysis) is 1. The summed E-state index contributed by atoms with van der Waals surface area (Å²) in [4.78, 5) is 50.2. The Morgan fingerprint density at radius 2 is 1.74 bits per heavy atom. The summed E-state index contributed by atoms with van der Waals surface area (Å²) in [6.07, 6.45) is 3.65. The number of hydrogen-bond acceptors (Lipinski definition) is 8. The Kier molecular flexibility index (Phi) is 15.7. The molecule has 252 valence electrons. The molecule has 0 bridgehead atoms. The number of ether oxygens (including phenoxy) is 3. The zero-order valence-corrected chi connectivity index (χ0v) is 27.3. The molecule has 0 fully saturated rings. The second-order valence-corrected chi connectivity index (χ2v) is 11.4. The van der Waals surface area contributed by atoms with Gasteiger partial charge in [0.2, 0.25) is 11.8 Å². The SMILES string of the molecule is CCCCOCCNC(=O)CCCC(=O)Nc1ccc2c(c1)C(COC(=O)NC)c1cccc(C(=O)CCCOC(C)CCO)c1-2. The average Bonchev–Trinajstić information content (AvgIpc) is 3.36. The molecule has 1 aliphatic carbocycles. The summed E-state index contributed by atoms with van der Waals surface area (Å²) in [6.45, 7) is 6.13. The lowest BCUT2D eigenvalue weighted by Crippen LogP contribution is -2.27. The Hall–Kier alpha value is -3.80. The van der Waals surface area contributed by atoms with Gasteiger partial charge >= 0.3 is 6.09 Å². The minimum absolute atomic E-state index is 0.0143. The van der Waals surface area contributed by atoms with Crippen molar-refractivity contribution >= 4 is 29.4 Å². The van der Waals surface area contributed by atoms with E-state index in [-0.39, 0.29) is 55.7 Å². The van der Waals surface area contributed by atoms with Gasteiger partial charge in [-0.15, -0.1) is 0 Å². The third kappa shape index (κ3) is 11.2. The Morgan fingerprint density at radius 3 is 2.50 bits per heavy atom. The number of unbranched alkanes of at least 4 members (excludes halogenated alkanes) is 1. The average molecular weight is 640 g/mol. The summed E-state index contributed by atoms with van der Waals surface area (Å²) >= 11 is 0. The van der Waals surface area contributed by atoms with Gasteiger partial charge in [-0.05, 0) is 67.0 Å². The van der Waals surface area contributed by atoms with E-state index in [0.717, 1.165) is 35.1 Å². The van der Waals surface area contributed by atoms with E-state index < -0.39 is 6.09 Å². The first-order chi connectivity index (χ1) is 22.3. The van der Waals surface area contributed by atoms with Gasteiger partial charge in [-0.1, -0.05) is 37.6 Å². The molecule has 46 heavy (non-hydrogen) atoms. The highest BCUT2D eigenvalue weighted by Crippen LogP contribution is 2.47. The van der Waals surface area contributed by atoms with Crippen LogP contribution >= 0.6 is 0 Å². The molecular weight excluding hydrogens is 590 g/mol. The molecule has 2 aromatic rings. The first kappa shape index (κ1) is 36.7. The lowest BCUT2D eigenvalue weighted by atomic mass is 9.93. The predicted octanol–water partition coefficient (Wildman–Crippen LogP) is 4.95. The van der Waals surface area contributed by atoms with E-state index in [1.807, 2.05) is 37.3 Å². The predicted molar refractivity (Wildman–Crippen MR) is 176 cm³/mol. The van der Waals surface area contributed by atoms with Gasteiger partial charge in [-0.25, -0.2) is 4.79 Å². The van der Waals surface area contributed by atoms with Crippen LogP contribution in [0.15, 0.2) is 36.4 Å². The van der Waals surface area contributed by atoms with Crippen LogP contribution in [0.25, 0.3) is 11.1 Å². The fraction of sp³-hybridized carbons (Fsp3) is 0.543. The van der Waals surface area contributed by atoms with Gasteiger partial charge in [-0.3, -0.25) is 14.4 Å². The van der Waals surface area contributed by atoms with Gasteiger partial charge < -0.3 is 35.3 Å². The molecule has 2 unspecified atom stereocenters. The molecule has 0 saturated heterocycles. The smallest absolute Gasteiger partial charge is 0.406 e. The van der Waals surface area contributed by atoms with Crippen molar-refractivity contribution in [2.45, 2.75) is 77.2 Å². The highest BCUT2D eigenvalue weighted by atomic mass is 16.5. The van der Waals surface area contributed by atoms with Crippen LogP contribution in [-0.4, -0.2) is 81.5 Å². The summed E-state index contributed by atoms with van der Waals surface area (Å²) in [7, 11) is 1.49. The first-order valence-corrected chi connectivity index (χ1v) is 16.3. The minimum atomic E-state index is -0.560. The molecule has 0 aliphatic heterocycles. The third-order valence-corrected chi connectivity index (χ3v) is 7.84. The number of benzene rings is 2. The Balaban J connectivity index is 1.65. The molecule has 11 heteroatoms. The molecule has 0 spiro atoms. The number of anilines is 1. The topological polar surface area (TPSA) is 152 Å². The van der Waals surface area contributed by atoms with Crippen molar-refractivity contribution < 1.29 is 38.5 Å². The molecular formula is C35H49N3O8. The van der Waals surface area contributed by atoms with Gasteiger partial charge in [0.25, 0.3) is 0 Å². The second-order valence-electron chi connectivity index (χ2n) is 11.4. The Labute approximate surface area is 271 Å². The number of aliphatic hydroxyl groups is 1. The number of carbonyl (C=O) groups is 4. The molecule has 11 nitrogen and oxygen atoms in total. The van der Waals surface area contributed by atoms with Crippen molar-refractivity contribution in [3.8, 4) is 11.1 Å². The van der Waals surface area contributed by atoms with Crippen LogP contribution in [0.2, 0.25) is 0 Å². The van der Waals surface area contributed by atoms with Crippen LogP contribution in [0.4, 0.5) is 10.5 Å². The molecule has 0 radical (unpaired) electrons. The number of nitrogens with one attached hydrogen (secondary N) is 3. The van der Waals surface area contributed by atoms with Gasteiger partial charge in [0, 0.05) is 69.8 Å². The summed E-state index contributed by atoms with van der Waals surface area (Å²) in [5.74, 6) is -0.672. The highest BCUT2D eigenvalue weighted by molar-refractivity contribution is 6.05. The Bertz CT molecular complexity index is 1310. The number of Topliss-reactive ketones (excluding diaryl/α,β-unsaturated/α-hetero) is 1. The van der Waals surface area contributed by atoms with Gasteiger partial charge in [0.05, 0.1) is 12.7 Å². The fourth-order valence-electron chi connectivity index (χ4n) is 5.38. The standard InChI is InChI=1S/C35H49N3O8/c1-4-5-19-44-21-17-37-32(41)12-7-13-33(42)38-25-14-15-27-29(22-25)30(23-46-35(43)36-3)26-9-6-10-28(34(26)27)31(40)11-8-20-45-24(2)16-18-39/h6,9-10,14-15,22,24,30,39H,4-5,7-8,11-13,16-21,23H2,1-3H3,(H,36,43)(H,37,41)(H,38,42). The maximum absolute atomic E-state index is 13.4. The maximum atomic E-state index is 13.4. The molecule has 1 aliphatic rings. The molecule has 0 saturated carbocycles. The molecule has 3 rings (SSSR count). The first-order valence-electron chi connectivity index (χ1n) is 16.3. The van der Waals surface area contributed by atoms with E-state index in [4.69, 9.17) is 19.3 Å². The molecule has 4 N–H and O–H groups in total. The number of hydrogen-bond donors (Lipinski definition) is 4. The lowest BCUT2D eigenvalue weighted by Gasteiger charge is -2.15. The molecule has 3 amide bonds. The van der Waals surface area contributed by atoms with Crippen molar-refractivity contribution in [1.82, 2.24) is 10.6 Å². The van der Waals surface area contributed by atoms with E-state index in [0.29, 0.717) is 63.3 Å². The maximum Gasteiger partial charge on any atom is 0.406 e. The summed E-state index contributed by atoms with van der Waals surface area (Å²) in [5, 5.41) is 17.3. The molecule has 0 heterocycles. The third-order valence-electron chi connectivity index (χ3n) is 7.84. The Morgan fingerprint density at radius 1 is 0.935 bits per heavy atom. The van der Waals surface area contributed by atoms with E-state index >= 15 is 0 Å². The van der Waals surface area contributed by atoms with Crippen LogP contribution in [-0.2, 0) is 23.8 Å². The van der Waals surface area contributed by atoms with E-state index in [2.05, 4.69) is 22.9 Å². The molecule has 2 atom stereocenters. The van der Waals surface area contributed by atoms with Crippen LogP contribution in [0.1, 0.15) is 92.6 Å². The van der Waals surface area contributed by atoms with Crippen LogP contribution in [0.5, 0.6) is 0 Å². The second kappa shape index (κ2) is 19.7. The minimum Gasteiger partial charge on any atom is -0.449 e. The normalized spacial score (nSPS) is 13.8. The van der Waals surface area contributed by atoms with E-state index in [1.54, 1.807) is 6.07 Å². The molecule has 2 aromatic carbocycles. The van der Waals surface area contributed by atoms with Gasteiger partial charge in [-0.2, -0.15) is 0 Å². The number of fused-ring (bicyclic) bond motifs is 3. The van der Waals surface area contributed by atoms with Crippen LogP contribution < -0.4 is 16.0 Å². The lowest BCUT2D eigenvalue weighted by molar-refractivity contribution is -0.121. The zero-order chi connectivity index (χ0) is 33.3. The van der Waals surface area contributed by atoms with Gasteiger partial charge in [0.15, 0.2) is 5.78 Å². The number of rotatable bonds is 21. The van der Waals surface area contributed by atoms with Gasteiger partial charge in [0.1, 0.15) is 6.61 Å². The fourth-order valence-corrected chi connectivity index (χ4v) is 5.38. The van der Waals surface area contributed by atoms with E-state index in [1.165, 1.54) is 7.05 Å². The quantitative estimate of drug-likeness (QED) is 0.111. The van der Waals surface area contributed by atoms with Crippen molar-refractivity contribution in [2.24, 2.45) is 0 Å². The number of ketones is 1. The van der Waals surface area contributed by atoms with Crippen LogP contribution in [0.3, 0.4) is 0 Å². The largest absolute Gasteiger partial charge is 0.449 e. The van der Waals surface area contributed by atoms with Crippen molar-refractivity contribution in [2.75, 3.05) is 51.9 Å². The summed E-state index contributed by atoms with van der Waals surface area (Å²) in [6, 6.07) is 11.1. The zero-order valence-electron chi connectivity index (χ0n) is 27.3.